The molecule has 2 aromatic carbocycles. The number of carbonyl (C=O) groups excluding carboxylic acids is 2. The van der Waals surface area contributed by atoms with Crippen LogP contribution in [0.15, 0.2) is 54.6 Å². The topological polar surface area (TPSA) is 52.6 Å². The first-order valence-corrected chi connectivity index (χ1v) is 7.15. The molecule has 4 nitrogen and oxygen atoms in total. The van der Waals surface area contributed by atoms with E-state index in [1.165, 1.54) is 0 Å². The number of carbonyl (C=O) groups is 2. The Morgan fingerprint density at radius 2 is 1.36 bits per heavy atom. The molecule has 0 fully saturated rings. The minimum absolute atomic E-state index is 0.316. The van der Waals surface area contributed by atoms with Gasteiger partial charge in [0.2, 0.25) is 0 Å². The van der Waals surface area contributed by atoms with Crippen LogP contribution in [0.4, 0.5) is 0 Å². The van der Waals surface area contributed by atoms with Gasteiger partial charge in [0.25, 0.3) is 0 Å². The first-order valence-electron chi connectivity index (χ1n) is 7.15. The van der Waals surface area contributed by atoms with Gasteiger partial charge in [0.05, 0.1) is 0 Å². The Hall–Kier alpha value is -2.62. The minimum Gasteiger partial charge on any atom is -0.426 e. The van der Waals surface area contributed by atoms with Gasteiger partial charge in [-0.05, 0) is 37.6 Å². The number of benzene rings is 2. The average Bonchev–Trinajstić information content (AvgIpc) is 2.51. The normalized spacial score (nSPS) is 11.5. The third-order valence-electron chi connectivity index (χ3n) is 3.18. The van der Waals surface area contributed by atoms with E-state index in [-0.39, 0.29) is 0 Å². The van der Waals surface area contributed by atoms with Crippen molar-refractivity contribution in [3.8, 4) is 11.5 Å². The second-order valence-electron chi connectivity index (χ2n) is 4.93. The summed E-state index contributed by atoms with van der Waals surface area (Å²) in [6.07, 6.45) is 0.316. The van der Waals surface area contributed by atoms with Gasteiger partial charge in [-0.15, -0.1) is 0 Å². The predicted molar refractivity (Wildman–Crippen MR) is 82.7 cm³/mol. The molecule has 0 bridgehead atoms. The van der Waals surface area contributed by atoms with Crippen molar-refractivity contribution in [3.63, 3.8) is 0 Å². The highest BCUT2D eigenvalue weighted by Gasteiger charge is 2.29. The summed E-state index contributed by atoms with van der Waals surface area (Å²) < 4.78 is 10.4. The molecular formula is C18H18O4. The van der Waals surface area contributed by atoms with Crippen LogP contribution in [0.25, 0.3) is 0 Å². The molecule has 0 aliphatic heterocycles. The lowest BCUT2D eigenvalue weighted by molar-refractivity contribution is -0.151. The second kappa shape index (κ2) is 7.41. The molecule has 114 valence electrons. The van der Waals surface area contributed by atoms with E-state index in [9.17, 15) is 9.59 Å². The van der Waals surface area contributed by atoms with Gasteiger partial charge in [-0.3, -0.25) is 9.59 Å². The minimum atomic E-state index is -0.943. The molecule has 22 heavy (non-hydrogen) atoms. The Morgan fingerprint density at radius 1 is 0.864 bits per heavy atom. The molecule has 0 radical (unpaired) electrons. The summed E-state index contributed by atoms with van der Waals surface area (Å²) in [6, 6.07) is 15.7. The molecule has 1 atom stereocenters. The lowest BCUT2D eigenvalue weighted by atomic mass is 10.1. The van der Waals surface area contributed by atoms with Crippen LogP contribution < -0.4 is 9.47 Å². The van der Waals surface area contributed by atoms with Crippen molar-refractivity contribution in [3.05, 3.63) is 60.2 Å². The number of hydrogen-bond donors (Lipinski definition) is 0. The van der Waals surface area contributed by atoms with E-state index in [0.717, 1.165) is 5.56 Å². The molecule has 0 aliphatic rings. The van der Waals surface area contributed by atoms with Gasteiger partial charge in [-0.1, -0.05) is 42.8 Å². The van der Waals surface area contributed by atoms with Crippen LogP contribution >= 0.6 is 0 Å². The zero-order valence-corrected chi connectivity index (χ0v) is 12.6. The van der Waals surface area contributed by atoms with E-state index < -0.39 is 17.9 Å². The summed E-state index contributed by atoms with van der Waals surface area (Å²) in [5.41, 5.74) is 1.07. The van der Waals surface area contributed by atoms with Crippen LogP contribution in [0.5, 0.6) is 11.5 Å². The summed E-state index contributed by atoms with van der Waals surface area (Å²) in [7, 11) is 0. The monoisotopic (exact) mass is 298 g/mol. The highest BCUT2D eigenvalue weighted by Crippen LogP contribution is 2.17. The number of hydrogen-bond acceptors (Lipinski definition) is 4. The second-order valence-corrected chi connectivity index (χ2v) is 4.93. The molecule has 1 unspecified atom stereocenters. The maximum absolute atomic E-state index is 12.1. The molecule has 0 N–H and O–H groups in total. The molecule has 2 rings (SSSR count). The number of aryl methyl sites for hydroxylation is 1. The van der Waals surface area contributed by atoms with Crippen molar-refractivity contribution < 1.29 is 19.1 Å². The maximum atomic E-state index is 12.1. The predicted octanol–water partition coefficient (Wildman–Crippen LogP) is 3.53. The molecule has 0 saturated heterocycles. The fourth-order valence-electron chi connectivity index (χ4n) is 1.90. The molecular weight excluding hydrogens is 280 g/mol. The van der Waals surface area contributed by atoms with Crippen LogP contribution in [0.3, 0.4) is 0 Å². The molecule has 0 amide bonds. The van der Waals surface area contributed by atoms with Gasteiger partial charge in [0.1, 0.15) is 11.5 Å². The summed E-state index contributed by atoms with van der Waals surface area (Å²) in [6.45, 7) is 3.69. The Labute approximate surface area is 129 Å². The van der Waals surface area contributed by atoms with Crippen molar-refractivity contribution >= 4 is 11.9 Å². The van der Waals surface area contributed by atoms with Gasteiger partial charge in [-0.25, -0.2) is 0 Å². The first kappa shape index (κ1) is 15.8. The number of ether oxygens (including phenoxy) is 2. The van der Waals surface area contributed by atoms with E-state index >= 15 is 0 Å². The lowest BCUT2D eigenvalue weighted by Gasteiger charge is -2.13. The van der Waals surface area contributed by atoms with Crippen LogP contribution in [-0.2, 0) is 9.59 Å². The largest absolute Gasteiger partial charge is 0.426 e. The van der Waals surface area contributed by atoms with Gasteiger partial charge in [0, 0.05) is 0 Å². The average molecular weight is 298 g/mol. The summed E-state index contributed by atoms with van der Waals surface area (Å²) in [5.74, 6) is -1.32. The number of para-hydroxylation sites is 1. The van der Waals surface area contributed by atoms with E-state index in [1.54, 1.807) is 43.3 Å². The standard InChI is InChI=1S/C18H18O4/c1-3-16(17(19)21-14-7-5-4-6-8-14)18(20)22-15-11-9-13(2)10-12-15/h4-12,16H,3H2,1-2H3. The van der Waals surface area contributed by atoms with Gasteiger partial charge in [0.15, 0.2) is 5.92 Å². The molecule has 2 aromatic rings. The van der Waals surface area contributed by atoms with E-state index in [0.29, 0.717) is 17.9 Å². The van der Waals surface area contributed by atoms with Gasteiger partial charge >= 0.3 is 11.9 Å². The number of esters is 2. The quantitative estimate of drug-likeness (QED) is 0.481. The highest BCUT2D eigenvalue weighted by molar-refractivity contribution is 5.96. The third-order valence-corrected chi connectivity index (χ3v) is 3.18. The van der Waals surface area contributed by atoms with Crippen LogP contribution in [0.2, 0.25) is 0 Å². The van der Waals surface area contributed by atoms with E-state index in [4.69, 9.17) is 9.47 Å². The molecule has 0 saturated carbocycles. The molecule has 0 heterocycles. The van der Waals surface area contributed by atoms with Crippen LogP contribution in [-0.4, -0.2) is 11.9 Å². The fraction of sp³-hybridized carbons (Fsp3) is 0.222. The zero-order valence-electron chi connectivity index (χ0n) is 12.6. The van der Waals surface area contributed by atoms with Crippen molar-refractivity contribution in [1.29, 1.82) is 0 Å². The van der Waals surface area contributed by atoms with E-state index in [1.807, 2.05) is 25.1 Å². The fourth-order valence-corrected chi connectivity index (χ4v) is 1.90. The Kier molecular flexibility index (Phi) is 5.31. The summed E-state index contributed by atoms with van der Waals surface area (Å²) >= 11 is 0. The molecule has 0 aromatic heterocycles. The Morgan fingerprint density at radius 3 is 1.86 bits per heavy atom. The zero-order chi connectivity index (χ0) is 15.9. The molecule has 0 aliphatic carbocycles. The smallest absolute Gasteiger partial charge is 0.325 e. The number of rotatable bonds is 5. The molecule has 4 heteroatoms. The van der Waals surface area contributed by atoms with E-state index in [2.05, 4.69) is 0 Å². The lowest BCUT2D eigenvalue weighted by Crippen LogP contribution is -2.31. The Balaban J connectivity index is 2.02. The SMILES string of the molecule is CCC(C(=O)Oc1ccccc1)C(=O)Oc1ccc(C)cc1. The third kappa shape index (κ3) is 4.19. The summed E-state index contributed by atoms with van der Waals surface area (Å²) in [5, 5.41) is 0. The first-order chi connectivity index (χ1) is 10.6. The van der Waals surface area contributed by atoms with Crippen molar-refractivity contribution in [2.45, 2.75) is 20.3 Å². The van der Waals surface area contributed by atoms with Crippen molar-refractivity contribution in [1.82, 2.24) is 0 Å². The molecule has 0 spiro atoms. The highest BCUT2D eigenvalue weighted by atomic mass is 16.6. The van der Waals surface area contributed by atoms with Crippen molar-refractivity contribution in [2.75, 3.05) is 0 Å². The maximum Gasteiger partial charge on any atom is 0.325 e. The Bertz CT molecular complexity index is 632. The van der Waals surface area contributed by atoms with Gasteiger partial charge in [-0.2, -0.15) is 0 Å². The van der Waals surface area contributed by atoms with Crippen LogP contribution in [0.1, 0.15) is 18.9 Å². The van der Waals surface area contributed by atoms with Crippen molar-refractivity contribution in [2.24, 2.45) is 5.92 Å². The van der Waals surface area contributed by atoms with Gasteiger partial charge < -0.3 is 9.47 Å². The summed E-state index contributed by atoms with van der Waals surface area (Å²) in [4.78, 5) is 24.2. The van der Waals surface area contributed by atoms with Crippen LogP contribution in [0, 0.1) is 12.8 Å².